The number of carbonyl (C=O) groups is 2. The minimum atomic E-state index is -4.73. The molecule has 1 amide bonds. The van der Waals surface area contributed by atoms with Crippen LogP contribution in [-0.4, -0.2) is 69.4 Å². The maximum atomic E-state index is 13.6. The van der Waals surface area contributed by atoms with E-state index >= 15 is 0 Å². The number of likely N-dealkylation sites (N-methyl/N-ethyl adjacent to an activating group) is 1. The van der Waals surface area contributed by atoms with E-state index in [1.54, 1.807) is 6.08 Å². The number of hydrogen-bond acceptors (Lipinski definition) is 7. The molecule has 3 atom stereocenters. The van der Waals surface area contributed by atoms with E-state index in [1.807, 2.05) is 27.2 Å². The molecule has 0 heterocycles. The highest BCUT2D eigenvalue weighted by Crippen LogP contribution is 2.38. The van der Waals surface area contributed by atoms with Gasteiger partial charge in [0.1, 0.15) is 19.3 Å². The predicted molar refractivity (Wildman–Crippen MR) is 343 cm³/mol. The molecule has 456 valence electrons. The van der Waals surface area contributed by atoms with Crippen LogP contribution in [0.2, 0.25) is 0 Å². The van der Waals surface area contributed by atoms with Gasteiger partial charge in [-0.25, -0.2) is 0 Å². The number of nitrogens with zero attached hydrogens (tertiary/aromatic N) is 1. The lowest BCUT2D eigenvalue weighted by Crippen LogP contribution is -2.47. The van der Waals surface area contributed by atoms with Crippen molar-refractivity contribution in [3.8, 4) is 0 Å². The lowest BCUT2D eigenvalue weighted by Gasteiger charge is -2.30. The van der Waals surface area contributed by atoms with Gasteiger partial charge >= 0.3 is 5.97 Å². The maximum absolute atomic E-state index is 13.6. The van der Waals surface area contributed by atoms with Crippen LogP contribution in [0.25, 0.3) is 0 Å². The first-order valence-corrected chi connectivity index (χ1v) is 33.5. The van der Waals surface area contributed by atoms with Crippen molar-refractivity contribution in [1.29, 1.82) is 0 Å². The van der Waals surface area contributed by atoms with Gasteiger partial charge < -0.3 is 28.5 Å². The van der Waals surface area contributed by atoms with E-state index < -0.39 is 32.5 Å². The van der Waals surface area contributed by atoms with Crippen molar-refractivity contribution in [1.82, 2.24) is 5.32 Å². The Morgan fingerprint density at radius 3 is 1.25 bits per heavy atom. The molecule has 0 spiro atoms. The van der Waals surface area contributed by atoms with Crippen molar-refractivity contribution >= 4 is 19.7 Å². The predicted octanol–water partition coefficient (Wildman–Crippen LogP) is 19.4. The number of quaternary nitrogens is 1. The Kier molecular flexibility index (Phi) is 55.5. The molecule has 0 rings (SSSR count). The van der Waals surface area contributed by atoms with Gasteiger partial charge in [0.2, 0.25) is 5.91 Å². The fourth-order valence-corrected chi connectivity index (χ4v) is 9.12. The van der Waals surface area contributed by atoms with Crippen LogP contribution in [-0.2, 0) is 27.9 Å². The molecule has 0 aromatic rings. The van der Waals surface area contributed by atoms with Crippen molar-refractivity contribution < 1.29 is 37.3 Å². The molecule has 0 aromatic carbocycles. The number of rotatable bonds is 56. The normalized spacial score (nSPS) is 14.5. The van der Waals surface area contributed by atoms with Gasteiger partial charge in [0.05, 0.1) is 33.8 Å². The summed E-state index contributed by atoms with van der Waals surface area (Å²) in [4.78, 5) is 40.0. The Morgan fingerprint density at radius 1 is 0.450 bits per heavy atom. The average molecular weight is 1130 g/mol. The van der Waals surface area contributed by atoms with E-state index in [9.17, 15) is 19.0 Å². The zero-order chi connectivity index (χ0) is 58.6. The minimum Gasteiger partial charge on any atom is -0.756 e. The number of esters is 1. The largest absolute Gasteiger partial charge is 0.756 e. The standard InChI is InChI=1S/C70H119N2O7P/c1-7-10-13-16-19-22-25-28-30-32-33-34-35-36-37-38-39-41-42-44-47-50-53-56-59-62-69(73)71-67(66-78-80(75,76)77-65-64-72(4,5)6)68(61-58-55-52-49-46-27-24-21-18-15-12-9-3)79-70(74)63-60-57-54-51-48-45-43-40-31-29-26-23-20-17-14-11-8-2/h10,13,19-20,22-23,28-31,33-34,36-37,39,41,43,45,51,54,58,61,67-68H,7-9,11-12,14-18,21,24-27,32,35,38,40,42,44,46-50,52-53,55-57,59-60,62-66H2,1-6H3,(H-,71,73,75,76)/b13-10-,22-19-,23-20-,30-28-,31-29-,34-33-,37-36-,41-39-,45-43-,54-51-,61-58-. The van der Waals surface area contributed by atoms with Crippen LogP contribution in [0, 0.1) is 0 Å². The van der Waals surface area contributed by atoms with Crippen LogP contribution in [0.5, 0.6) is 0 Å². The van der Waals surface area contributed by atoms with Gasteiger partial charge in [-0.05, 0) is 122 Å². The zero-order valence-corrected chi connectivity index (χ0v) is 52.9. The third-order valence-electron chi connectivity index (χ3n) is 13.3. The summed E-state index contributed by atoms with van der Waals surface area (Å²) in [6.45, 7) is 6.63. The monoisotopic (exact) mass is 1130 g/mol. The molecular formula is C70H119N2O7P. The summed E-state index contributed by atoms with van der Waals surface area (Å²) < 4.78 is 30.3. The number of unbranched alkanes of at least 4 members (excludes halogenated alkanes) is 20. The van der Waals surface area contributed by atoms with Crippen LogP contribution in [0.15, 0.2) is 134 Å². The Labute approximate surface area is 492 Å². The molecule has 0 radical (unpaired) electrons. The second-order valence-corrected chi connectivity index (χ2v) is 23.6. The van der Waals surface area contributed by atoms with Gasteiger partial charge in [-0.15, -0.1) is 0 Å². The summed E-state index contributed by atoms with van der Waals surface area (Å²) in [7, 11) is 1.13. The number of phosphoric acid groups is 1. The molecule has 0 saturated heterocycles. The van der Waals surface area contributed by atoms with E-state index in [0.717, 1.165) is 122 Å². The summed E-state index contributed by atoms with van der Waals surface area (Å²) in [6.07, 6.45) is 82.8. The summed E-state index contributed by atoms with van der Waals surface area (Å²) in [5.41, 5.74) is 0. The summed E-state index contributed by atoms with van der Waals surface area (Å²) >= 11 is 0. The number of amides is 1. The summed E-state index contributed by atoms with van der Waals surface area (Å²) in [5.74, 6) is -0.633. The minimum absolute atomic E-state index is 0.0412. The number of allylic oxidation sites excluding steroid dienone is 21. The Bertz CT molecular complexity index is 1830. The van der Waals surface area contributed by atoms with Gasteiger partial charge in [0.25, 0.3) is 7.82 Å². The van der Waals surface area contributed by atoms with Crippen LogP contribution in [0.4, 0.5) is 0 Å². The number of ether oxygens (including phenoxy) is 1. The highest BCUT2D eigenvalue weighted by molar-refractivity contribution is 7.45. The highest BCUT2D eigenvalue weighted by Gasteiger charge is 2.27. The maximum Gasteiger partial charge on any atom is 0.306 e. The molecule has 0 aliphatic heterocycles. The fourth-order valence-electron chi connectivity index (χ4n) is 8.40. The van der Waals surface area contributed by atoms with E-state index in [-0.39, 0.29) is 25.4 Å². The SMILES string of the molecule is CC/C=C\C/C=C\C/C=C\C/C=C\C/C=C\C/C=C\CCCCCCCCC(=O)NC(COP(=O)([O-])OCC[N+](C)(C)C)C(/C=C\CCCCCCCCCCCC)OC(=O)CCC/C=C\C/C=C\C/C=C\C/C=C\CCCCC. The molecule has 3 unspecified atom stereocenters. The van der Waals surface area contributed by atoms with Crippen LogP contribution in [0.3, 0.4) is 0 Å². The molecule has 0 fully saturated rings. The first-order chi connectivity index (χ1) is 38.9. The molecular weight excluding hydrogens is 1010 g/mol. The summed E-state index contributed by atoms with van der Waals surface area (Å²) in [5, 5.41) is 3.01. The van der Waals surface area contributed by atoms with Crippen molar-refractivity contribution in [3.63, 3.8) is 0 Å². The second kappa shape index (κ2) is 58.4. The van der Waals surface area contributed by atoms with E-state index in [4.69, 9.17) is 13.8 Å². The van der Waals surface area contributed by atoms with Gasteiger partial charge in [-0.2, -0.15) is 0 Å². The average Bonchev–Trinajstić information content (AvgIpc) is 3.42. The van der Waals surface area contributed by atoms with Gasteiger partial charge in [0, 0.05) is 12.8 Å². The first-order valence-electron chi connectivity index (χ1n) is 32.0. The zero-order valence-electron chi connectivity index (χ0n) is 52.0. The molecule has 10 heteroatoms. The molecule has 0 aromatic heterocycles. The smallest absolute Gasteiger partial charge is 0.306 e. The lowest BCUT2D eigenvalue weighted by molar-refractivity contribution is -0.870. The quantitative estimate of drug-likeness (QED) is 0.0212. The molecule has 9 nitrogen and oxygen atoms in total. The number of carbonyl (C=O) groups excluding carboxylic acids is 2. The van der Waals surface area contributed by atoms with Crippen molar-refractivity contribution in [3.05, 3.63) is 134 Å². The van der Waals surface area contributed by atoms with Gasteiger partial charge in [-0.1, -0.05) is 245 Å². The third-order valence-corrected chi connectivity index (χ3v) is 14.3. The molecule has 0 aliphatic carbocycles. The number of phosphoric ester groups is 1. The van der Waals surface area contributed by atoms with Crippen molar-refractivity contribution in [2.24, 2.45) is 0 Å². The Hall–Kier alpha value is -3.85. The van der Waals surface area contributed by atoms with E-state index in [2.05, 4.69) is 148 Å². The number of hydrogen-bond donors (Lipinski definition) is 1. The van der Waals surface area contributed by atoms with Crippen LogP contribution in [0.1, 0.15) is 245 Å². The van der Waals surface area contributed by atoms with Crippen LogP contribution < -0.4 is 10.2 Å². The van der Waals surface area contributed by atoms with Crippen molar-refractivity contribution in [2.45, 2.75) is 258 Å². The number of nitrogens with one attached hydrogen (secondary N) is 1. The van der Waals surface area contributed by atoms with E-state index in [1.165, 1.54) is 77.0 Å². The Balaban J connectivity index is 5.31. The lowest BCUT2D eigenvalue weighted by atomic mass is 10.0. The topological polar surface area (TPSA) is 114 Å². The van der Waals surface area contributed by atoms with Crippen molar-refractivity contribution in [2.75, 3.05) is 40.9 Å². The fraction of sp³-hybridized carbons (Fsp3) is 0.657. The molecule has 80 heavy (non-hydrogen) atoms. The molecule has 0 saturated carbocycles. The molecule has 1 N–H and O–H groups in total. The summed E-state index contributed by atoms with van der Waals surface area (Å²) in [6, 6.07) is -0.928. The van der Waals surface area contributed by atoms with Gasteiger partial charge in [-0.3, -0.25) is 14.2 Å². The molecule has 0 bridgehead atoms. The highest BCUT2D eigenvalue weighted by atomic mass is 31.2. The van der Waals surface area contributed by atoms with E-state index in [0.29, 0.717) is 23.9 Å². The first kappa shape index (κ1) is 76.1. The van der Waals surface area contributed by atoms with Gasteiger partial charge in [0.15, 0.2) is 0 Å². The second-order valence-electron chi connectivity index (χ2n) is 22.2. The van der Waals surface area contributed by atoms with Crippen LogP contribution >= 0.6 is 7.82 Å². The third kappa shape index (κ3) is 58.8. The Morgan fingerprint density at radius 2 is 0.812 bits per heavy atom. The molecule has 0 aliphatic rings.